The lowest BCUT2D eigenvalue weighted by Gasteiger charge is -2.21. The summed E-state index contributed by atoms with van der Waals surface area (Å²) in [6, 6.07) is 9.56. The molecule has 1 fully saturated rings. The second-order valence-corrected chi connectivity index (χ2v) is 5.20. The molecule has 1 aromatic heterocycles. The van der Waals surface area contributed by atoms with Gasteiger partial charge in [-0.05, 0) is 25.3 Å². The van der Waals surface area contributed by atoms with Crippen LogP contribution >= 0.6 is 0 Å². The van der Waals surface area contributed by atoms with E-state index >= 15 is 0 Å². The van der Waals surface area contributed by atoms with Crippen molar-refractivity contribution in [1.29, 1.82) is 0 Å². The van der Waals surface area contributed by atoms with Gasteiger partial charge in [-0.25, -0.2) is 9.78 Å². The van der Waals surface area contributed by atoms with Crippen molar-refractivity contribution < 1.29 is 13.9 Å². The zero-order chi connectivity index (χ0) is 14.7. The number of benzene rings is 1. The third kappa shape index (κ3) is 3.07. The fourth-order valence-electron chi connectivity index (χ4n) is 2.57. The van der Waals surface area contributed by atoms with Crippen molar-refractivity contribution in [2.45, 2.75) is 32.4 Å². The summed E-state index contributed by atoms with van der Waals surface area (Å²) in [5, 5.41) is 0. The van der Waals surface area contributed by atoms with Gasteiger partial charge in [0.2, 0.25) is 5.89 Å². The molecule has 1 aliphatic heterocycles. The molecule has 21 heavy (non-hydrogen) atoms. The van der Waals surface area contributed by atoms with Crippen LogP contribution < -0.4 is 0 Å². The summed E-state index contributed by atoms with van der Waals surface area (Å²) < 4.78 is 10.9. The Morgan fingerprint density at radius 2 is 2.24 bits per heavy atom. The number of carbonyl (C=O) groups excluding carboxylic acids is 1. The van der Waals surface area contributed by atoms with Gasteiger partial charge in [0.25, 0.3) is 0 Å². The SMILES string of the molecule is Cc1cnc(C2CCCN2C(=O)OCc2ccccc2)o1. The Hall–Kier alpha value is -2.30. The maximum atomic E-state index is 12.2. The minimum atomic E-state index is -0.308. The highest BCUT2D eigenvalue weighted by molar-refractivity contribution is 5.68. The fraction of sp³-hybridized carbons (Fsp3) is 0.375. The van der Waals surface area contributed by atoms with Gasteiger partial charge in [0.1, 0.15) is 18.4 Å². The highest BCUT2D eigenvalue weighted by Crippen LogP contribution is 2.32. The van der Waals surface area contributed by atoms with E-state index in [9.17, 15) is 4.79 Å². The Bertz CT molecular complexity index is 609. The molecule has 0 radical (unpaired) electrons. The highest BCUT2D eigenvalue weighted by Gasteiger charge is 2.34. The Balaban J connectivity index is 1.63. The second-order valence-electron chi connectivity index (χ2n) is 5.20. The van der Waals surface area contributed by atoms with E-state index in [2.05, 4.69) is 4.98 Å². The predicted molar refractivity (Wildman–Crippen MR) is 76.5 cm³/mol. The summed E-state index contributed by atoms with van der Waals surface area (Å²) in [5.41, 5.74) is 0.980. The number of ether oxygens (including phenoxy) is 1. The number of nitrogens with zero attached hydrogens (tertiary/aromatic N) is 2. The van der Waals surface area contributed by atoms with E-state index in [0.29, 0.717) is 12.4 Å². The van der Waals surface area contributed by atoms with Gasteiger partial charge in [0.15, 0.2) is 0 Å². The van der Waals surface area contributed by atoms with E-state index in [0.717, 1.165) is 24.2 Å². The molecule has 1 atom stereocenters. The first-order valence-electron chi connectivity index (χ1n) is 7.13. The van der Waals surface area contributed by atoms with Crippen molar-refractivity contribution in [1.82, 2.24) is 9.88 Å². The zero-order valence-electron chi connectivity index (χ0n) is 12.0. The van der Waals surface area contributed by atoms with Crippen LogP contribution in [-0.4, -0.2) is 22.5 Å². The number of amides is 1. The maximum Gasteiger partial charge on any atom is 0.410 e. The van der Waals surface area contributed by atoms with E-state index in [-0.39, 0.29) is 18.7 Å². The molecule has 1 saturated heterocycles. The Kier molecular flexibility index (Phi) is 3.90. The minimum Gasteiger partial charge on any atom is -0.445 e. The number of oxazole rings is 1. The molecule has 5 nitrogen and oxygen atoms in total. The molecule has 0 N–H and O–H groups in total. The zero-order valence-corrected chi connectivity index (χ0v) is 12.0. The van der Waals surface area contributed by atoms with Crippen molar-refractivity contribution >= 4 is 6.09 Å². The first kappa shape index (κ1) is 13.7. The number of rotatable bonds is 3. The lowest BCUT2D eigenvalue weighted by molar-refractivity contribution is 0.0876. The molecule has 0 bridgehead atoms. The molecular weight excluding hydrogens is 268 g/mol. The predicted octanol–water partition coefficient (Wildman–Crippen LogP) is 3.46. The number of aryl methyl sites for hydroxylation is 1. The molecule has 0 saturated carbocycles. The van der Waals surface area contributed by atoms with E-state index in [4.69, 9.17) is 9.15 Å². The maximum absolute atomic E-state index is 12.2. The van der Waals surface area contributed by atoms with Gasteiger partial charge in [-0.3, -0.25) is 4.90 Å². The van der Waals surface area contributed by atoms with Crippen LogP contribution in [0.1, 0.15) is 36.1 Å². The summed E-state index contributed by atoms with van der Waals surface area (Å²) in [6.07, 6.45) is 3.17. The molecular formula is C16H18N2O3. The van der Waals surface area contributed by atoms with Gasteiger partial charge < -0.3 is 9.15 Å². The van der Waals surface area contributed by atoms with Gasteiger partial charge in [0, 0.05) is 6.54 Å². The number of aromatic nitrogens is 1. The van der Waals surface area contributed by atoms with Crippen LogP contribution in [0.3, 0.4) is 0 Å². The van der Waals surface area contributed by atoms with E-state index in [1.807, 2.05) is 37.3 Å². The van der Waals surface area contributed by atoms with Crippen LogP contribution in [0.15, 0.2) is 40.9 Å². The van der Waals surface area contributed by atoms with Crippen LogP contribution in [0, 0.1) is 6.92 Å². The van der Waals surface area contributed by atoms with Crippen LogP contribution in [-0.2, 0) is 11.3 Å². The van der Waals surface area contributed by atoms with Crippen LogP contribution in [0.4, 0.5) is 4.79 Å². The minimum absolute atomic E-state index is 0.109. The summed E-state index contributed by atoms with van der Waals surface area (Å²) in [7, 11) is 0. The van der Waals surface area contributed by atoms with E-state index < -0.39 is 0 Å². The van der Waals surface area contributed by atoms with Gasteiger partial charge in [-0.1, -0.05) is 30.3 Å². The molecule has 1 aromatic carbocycles. The third-order valence-corrected chi connectivity index (χ3v) is 3.62. The van der Waals surface area contributed by atoms with Crippen molar-refractivity contribution in [3.05, 3.63) is 53.7 Å². The smallest absolute Gasteiger partial charge is 0.410 e. The topological polar surface area (TPSA) is 55.6 Å². The Morgan fingerprint density at radius 3 is 2.95 bits per heavy atom. The summed E-state index contributed by atoms with van der Waals surface area (Å²) in [5.74, 6) is 1.36. The molecule has 5 heteroatoms. The first-order chi connectivity index (χ1) is 10.2. The molecule has 0 aliphatic carbocycles. The summed E-state index contributed by atoms with van der Waals surface area (Å²) >= 11 is 0. The lowest BCUT2D eigenvalue weighted by atomic mass is 10.2. The van der Waals surface area contributed by atoms with Crippen molar-refractivity contribution in [3.8, 4) is 0 Å². The average molecular weight is 286 g/mol. The average Bonchev–Trinajstić information content (AvgIpc) is 3.14. The van der Waals surface area contributed by atoms with Crippen molar-refractivity contribution in [3.63, 3.8) is 0 Å². The Labute approximate surface area is 123 Å². The third-order valence-electron chi connectivity index (χ3n) is 3.62. The molecule has 1 amide bonds. The van der Waals surface area contributed by atoms with Crippen LogP contribution in [0.2, 0.25) is 0 Å². The van der Waals surface area contributed by atoms with Crippen molar-refractivity contribution in [2.24, 2.45) is 0 Å². The lowest BCUT2D eigenvalue weighted by Crippen LogP contribution is -2.31. The molecule has 1 aliphatic rings. The largest absolute Gasteiger partial charge is 0.445 e. The number of carbonyl (C=O) groups is 1. The number of hydrogen-bond acceptors (Lipinski definition) is 4. The van der Waals surface area contributed by atoms with Gasteiger partial charge >= 0.3 is 6.09 Å². The van der Waals surface area contributed by atoms with Crippen molar-refractivity contribution in [2.75, 3.05) is 6.54 Å². The van der Waals surface area contributed by atoms with Crippen LogP contribution in [0.5, 0.6) is 0 Å². The molecule has 3 rings (SSSR count). The summed E-state index contributed by atoms with van der Waals surface area (Å²) in [6.45, 7) is 2.82. The molecule has 2 heterocycles. The van der Waals surface area contributed by atoms with E-state index in [1.165, 1.54) is 0 Å². The first-order valence-corrected chi connectivity index (χ1v) is 7.13. The molecule has 0 spiro atoms. The Morgan fingerprint density at radius 1 is 1.43 bits per heavy atom. The van der Waals surface area contributed by atoms with Gasteiger partial charge in [-0.2, -0.15) is 0 Å². The highest BCUT2D eigenvalue weighted by atomic mass is 16.6. The second kappa shape index (κ2) is 5.99. The fourth-order valence-corrected chi connectivity index (χ4v) is 2.57. The molecule has 110 valence electrons. The quantitative estimate of drug-likeness (QED) is 0.867. The number of hydrogen-bond donors (Lipinski definition) is 0. The van der Waals surface area contributed by atoms with Crippen LogP contribution in [0.25, 0.3) is 0 Å². The molecule has 1 unspecified atom stereocenters. The normalized spacial score (nSPS) is 18.0. The number of likely N-dealkylation sites (tertiary alicyclic amines) is 1. The summed E-state index contributed by atoms with van der Waals surface area (Å²) in [4.78, 5) is 18.2. The van der Waals surface area contributed by atoms with Gasteiger partial charge in [-0.15, -0.1) is 0 Å². The standard InChI is InChI=1S/C16H18N2O3/c1-12-10-17-15(21-12)14-8-5-9-18(14)16(19)20-11-13-6-3-2-4-7-13/h2-4,6-7,10,14H,5,8-9,11H2,1H3. The monoisotopic (exact) mass is 286 g/mol. The molecule has 2 aromatic rings. The van der Waals surface area contributed by atoms with Gasteiger partial charge in [0.05, 0.1) is 6.20 Å². The van der Waals surface area contributed by atoms with E-state index in [1.54, 1.807) is 11.1 Å².